The minimum atomic E-state index is -4.01. The number of carbonyl (C=O) groups is 1. The van der Waals surface area contributed by atoms with E-state index in [1.165, 1.54) is 32.4 Å². The Labute approximate surface area is 123 Å². The molecule has 0 unspecified atom stereocenters. The number of nitrogens with one attached hydrogen (secondary N) is 1. The van der Waals surface area contributed by atoms with Crippen LogP contribution in [0.5, 0.6) is 11.5 Å². The van der Waals surface area contributed by atoms with Crippen LogP contribution < -0.4 is 14.2 Å². The van der Waals surface area contributed by atoms with Crippen molar-refractivity contribution in [3.8, 4) is 11.5 Å². The van der Waals surface area contributed by atoms with Crippen molar-refractivity contribution in [1.82, 2.24) is 4.72 Å². The number of aliphatic carboxylic acids is 1. The van der Waals surface area contributed by atoms with E-state index in [0.717, 1.165) is 0 Å². The van der Waals surface area contributed by atoms with Gasteiger partial charge in [-0.2, -0.15) is 4.72 Å². The molecule has 8 heteroatoms. The summed E-state index contributed by atoms with van der Waals surface area (Å²) in [4.78, 5) is 10.9. The molecule has 7 nitrogen and oxygen atoms in total. The summed E-state index contributed by atoms with van der Waals surface area (Å²) in [5.74, 6) is -0.690. The number of carboxylic acid groups (broad SMARTS) is 1. The summed E-state index contributed by atoms with van der Waals surface area (Å²) in [5.41, 5.74) is 0. The van der Waals surface area contributed by atoms with E-state index in [1.54, 1.807) is 6.92 Å². The number of rotatable bonds is 8. The first-order valence-corrected chi connectivity index (χ1v) is 7.81. The Morgan fingerprint density at radius 1 is 1.33 bits per heavy atom. The first-order valence-electron chi connectivity index (χ1n) is 6.32. The van der Waals surface area contributed by atoms with Crippen molar-refractivity contribution in [3.05, 3.63) is 18.2 Å². The number of hydrogen-bond donors (Lipinski definition) is 2. The summed E-state index contributed by atoms with van der Waals surface area (Å²) in [6.07, 6.45) is 0.742. The zero-order valence-corrected chi connectivity index (χ0v) is 12.9. The molecule has 0 bridgehead atoms. The van der Waals surface area contributed by atoms with Crippen LogP contribution in [0, 0.1) is 0 Å². The highest BCUT2D eigenvalue weighted by Crippen LogP contribution is 2.28. The van der Waals surface area contributed by atoms with Crippen molar-refractivity contribution >= 4 is 16.0 Å². The van der Waals surface area contributed by atoms with Gasteiger partial charge in [0.1, 0.15) is 22.4 Å². The van der Waals surface area contributed by atoms with Crippen LogP contribution in [0.3, 0.4) is 0 Å². The normalized spacial score (nSPS) is 12.7. The molecule has 0 aliphatic carbocycles. The lowest BCUT2D eigenvalue weighted by molar-refractivity contribution is -0.139. The maximum atomic E-state index is 12.3. The molecule has 21 heavy (non-hydrogen) atoms. The molecule has 0 heterocycles. The average Bonchev–Trinajstić information content (AvgIpc) is 2.45. The number of benzene rings is 1. The van der Waals surface area contributed by atoms with Gasteiger partial charge in [-0.05, 0) is 18.6 Å². The van der Waals surface area contributed by atoms with Crippen molar-refractivity contribution in [2.45, 2.75) is 30.7 Å². The molecule has 1 rings (SSSR count). The fraction of sp³-hybridized carbons (Fsp3) is 0.462. The maximum Gasteiger partial charge on any atom is 0.321 e. The van der Waals surface area contributed by atoms with Crippen LogP contribution in [-0.4, -0.2) is 39.8 Å². The number of methoxy groups -OCH3 is 2. The second-order valence-corrected chi connectivity index (χ2v) is 6.00. The van der Waals surface area contributed by atoms with Gasteiger partial charge in [-0.1, -0.05) is 13.3 Å². The van der Waals surface area contributed by atoms with Crippen LogP contribution in [0.1, 0.15) is 19.8 Å². The first kappa shape index (κ1) is 17.3. The van der Waals surface area contributed by atoms with E-state index in [-0.39, 0.29) is 17.1 Å². The van der Waals surface area contributed by atoms with Crippen molar-refractivity contribution in [2.24, 2.45) is 0 Å². The SMILES string of the molecule is CCC[C@@H](NS(=O)(=O)c1ccc(OC)cc1OC)C(=O)O. The molecule has 0 aromatic heterocycles. The molecule has 0 aliphatic rings. The zero-order chi connectivity index (χ0) is 16.0. The number of hydrogen-bond acceptors (Lipinski definition) is 5. The molecule has 0 radical (unpaired) electrons. The van der Waals surface area contributed by atoms with Gasteiger partial charge >= 0.3 is 5.97 Å². The summed E-state index contributed by atoms with van der Waals surface area (Å²) in [5, 5.41) is 9.05. The fourth-order valence-electron chi connectivity index (χ4n) is 1.77. The van der Waals surface area contributed by atoms with E-state index in [1.807, 2.05) is 0 Å². The summed E-state index contributed by atoms with van der Waals surface area (Å²) in [7, 11) is -1.23. The minimum absolute atomic E-state index is 0.0856. The Balaban J connectivity index is 3.15. The number of ether oxygens (including phenoxy) is 2. The molecule has 0 amide bonds. The number of sulfonamides is 1. The van der Waals surface area contributed by atoms with E-state index >= 15 is 0 Å². The van der Waals surface area contributed by atoms with E-state index in [0.29, 0.717) is 12.2 Å². The molecule has 1 aromatic carbocycles. The molecule has 1 atom stereocenters. The molecular weight excluding hydrogens is 298 g/mol. The third kappa shape index (κ3) is 4.33. The van der Waals surface area contributed by atoms with Crippen LogP contribution in [0.2, 0.25) is 0 Å². The standard InChI is InChI=1S/C13H19NO6S/c1-4-5-10(13(15)16)14-21(17,18)12-7-6-9(19-2)8-11(12)20-3/h6-8,10,14H,4-5H2,1-3H3,(H,15,16)/t10-/m1/s1. The van der Waals surface area contributed by atoms with Crippen LogP contribution in [0.25, 0.3) is 0 Å². The molecule has 0 spiro atoms. The predicted molar refractivity (Wildman–Crippen MR) is 76.2 cm³/mol. The average molecular weight is 317 g/mol. The zero-order valence-electron chi connectivity index (χ0n) is 12.1. The summed E-state index contributed by atoms with van der Waals surface area (Å²) < 4.78 is 36.8. The molecule has 0 fully saturated rings. The van der Waals surface area contributed by atoms with Gasteiger partial charge in [0.2, 0.25) is 10.0 Å². The van der Waals surface area contributed by atoms with Gasteiger partial charge in [0, 0.05) is 6.07 Å². The van der Waals surface area contributed by atoms with Crippen LogP contribution >= 0.6 is 0 Å². The fourth-order valence-corrected chi connectivity index (χ4v) is 3.14. The Morgan fingerprint density at radius 3 is 2.48 bits per heavy atom. The molecule has 0 aliphatic heterocycles. The molecule has 0 saturated carbocycles. The largest absolute Gasteiger partial charge is 0.497 e. The van der Waals surface area contributed by atoms with Crippen LogP contribution in [0.15, 0.2) is 23.1 Å². The highest BCUT2D eigenvalue weighted by Gasteiger charge is 2.27. The van der Waals surface area contributed by atoms with Crippen molar-refractivity contribution < 1.29 is 27.8 Å². The molecule has 118 valence electrons. The van der Waals surface area contributed by atoms with Gasteiger partial charge < -0.3 is 14.6 Å². The van der Waals surface area contributed by atoms with Crippen molar-refractivity contribution in [2.75, 3.05) is 14.2 Å². The topological polar surface area (TPSA) is 102 Å². The Bertz CT molecular complexity index is 599. The molecule has 0 saturated heterocycles. The number of carboxylic acids is 1. The third-order valence-electron chi connectivity index (χ3n) is 2.83. The molecular formula is C13H19NO6S. The Hall–Kier alpha value is -1.80. The minimum Gasteiger partial charge on any atom is -0.497 e. The summed E-state index contributed by atoms with van der Waals surface area (Å²) in [6.45, 7) is 1.78. The maximum absolute atomic E-state index is 12.3. The van der Waals surface area contributed by atoms with Gasteiger partial charge in [0.25, 0.3) is 0 Å². The van der Waals surface area contributed by atoms with Gasteiger partial charge in [-0.25, -0.2) is 8.42 Å². The second kappa shape index (κ2) is 7.28. The lowest BCUT2D eigenvalue weighted by Crippen LogP contribution is -2.40. The lowest BCUT2D eigenvalue weighted by atomic mass is 10.2. The Kier molecular flexibility index (Phi) is 5.98. The second-order valence-electron chi connectivity index (χ2n) is 4.32. The smallest absolute Gasteiger partial charge is 0.321 e. The van der Waals surface area contributed by atoms with Gasteiger partial charge in [0.15, 0.2) is 0 Å². The van der Waals surface area contributed by atoms with Crippen LogP contribution in [0.4, 0.5) is 0 Å². The predicted octanol–water partition coefficient (Wildman–Crippen LogP) is 1.24. The quantitative estimate of drug-likeness (QED) is 0.748. The van der Waals surface area contributed by atoms with E-state index < -0.39 is 22.0 Å². The molecule has 2 N–H and O–H groups in total. The summed E-state index contributed by atoms with van der Waals surface area (Å²) >= 11 is 0. The van der Waals surface area contributed by atoms with E-state index in [2.05, 4.69) is 4.72 Å². The van der Waals surface area contributed by atoms with Crippen molar-refractivity contribution in [1.29, 1.82) is 0 Å². The Morgan fingerprint density at radius 2 is 2.00 bits per heavy atom. The van der Waals surface area contributed by atoms with Crippen LogP contribution in [-0.2, 0) is 14.8 Å². The monoisotopic (exact) mass is 317 g/mol. The highest BCUT2D eigenvalue weighted by molar-refractivity contribution is 7.89. The highest BCUT2D eigenvalue weighted by atomic mass is 32.2. The lowest BCUT2D eigenvalue weighted by Gasteiger charge is -2.16. The first-order chi connectivity index (χ1) is 9.85. The molecule has 1 aromatic rings. The summed E-state index contributed by atoms with van der Waals surface area (Å²) in [6, 6.07) is 3.02. The van der Waals surface area contributed by atoms with Crippen molar-refractivity contribution in [3.63, 3.8) is 0 Å². The van der Waals surface area contributed by atoms with Gasteiger partial charge in [0.05, 0.1) is 14.2 Å². The third-order valence-corrected chi connectivity index (χ3v) is 4.34. The van der Waals surface area contributed by atoms with E-state index in [9.17, 15) is 13.2 Å². The van der Waals surface area contributed by atoms with Gasteiger partial charge in [-0.3, -0.25) is 4.79 Å². The van der Waals surface area contributed by atoms with E-state index in [4.69, 9.17) is 14.6 Å². The van der Waals surface area contributed by atoms with Gasteiger partial charge in [-0.15, -0.1) is 0 Å².